The van der Waals surface area contributed by atoms with E-state index in [9.17, 15) is 0 Å². The maximum atomic E-state index is 6.28. The molecule has 1 aliphatic heterocycles. The van der Waals surface area contributed by atoms with Gasteiger partial charge in [0.15, 0.2) is 6.29 Å². The normalized spacial score (nSPS) is 26.2. The molecule has 3 nitrogen and oxygen atoms in total. The first-order valence-corrected chi connectivity index (χ1v) is 13.7. The first-order valence-electron chi connectivity index (χ1n) is 13.7. The number of ether oxygens (including phenoxy) is 3. The fourth-order valence-corrected chi connectivity index (χ4v) is 5.45. The van der Waals surface area contributed by atoms with Crippen molar-refractivity contribution in [2.45, 2.75) is 116 Å². The summed E-state index contributed by atoms with van der Waals surface area (Å²) in [6, 6.07) is 6.63. The molecule has 3 heteroatoms. The van der Waals surface area contributed by atoms with E-state index < -0.39 is 0 Å². The van der Waals surface area contributed by atoms with E-state index in [4.69, 9.17) is 14.2 Å². The van der Waals surface area contributed by atoms with Crippen LogP contribution in [0.4, 0.5) is 0 Å². The summed E-state index contributed by atoms with van der Waals surface area (Å²) in [6.45, 7) is 9.15. The molecule has 3 rings (SSSR count). The zero-order chi connectivity index (χ0) is 22.6. The van der Waals surface area contributed by atoms with Crippen molar-refractivity contribution >= 4 is 0 Å². The molecule has 32 heavy (non-hydrogen) atoms. The van der Waals surface area contributed by atoms with Crippen molar-refractivity contribution < 1.29 is 14.2 Å². The Kier molecular flexibility index (Phi) is 11.4. The number of hydrogen-bond donors (Lipinski definition) is 0. The van der Waals surface area contributed by atoms with Gasteiger partial charge < -0.3 is 14.2 Å². The topological polar surface area (TPSA) is 27.7 Å². The summed E-state index contributed by atoms with van der Waals surface area (Å²) in [6.07, 6.45) is 16.7. The number of rotatable bonds is 13. The standard InChI is InChI=1S/C29H48O3/c1-4-7-9-11-23-13-15-25(16-14-23)28-20-26(30-19-6-3)17-18-27(28)29-31-21-24(22-32-29)12-10-8-5-2/h17-18,20,23-25,29H,4-16,19,21-22H2,1-3H3. The quantitative estimate of drug-likeness (QED) is 0.285. The van der Waals surface area contributed by atoms with E-state index in [1.165, 1.54) is 88.2 Å². The van der Waals surface area contributed by atoms with Crippen molar-refractivity contribution in [3.05, 3.63) is 29.3 Å². The first-order chi connectivity index (χ1) is 15.7. The third-order valence-corrected chi connectivity index (χ3v) is 7.47. The highest BCUT2D eigenvalue weighted by Gasteiger charge is 2.30. The Bertz CT molecular complexity index is 627. The van der Waals surface area contributed by atoms with Gasteiger partial charge in [-0.15, -0.1) is 0 Å². The molecular formula is C29H48O3. The lowest BCUT2D eigenvalue weighted by Crippen LogP contribution is -2.28. The number of unbranched alkanes of at least 4 members (excludes halogenated alkanes) is 4. The van der Waals surface area contributed by atoms with Gasteiger partial charge in [0.05, 0.1) is 19.8 Å². The summed E-state index contributed by atoms with van der Waals surface area (Å²) >= 11 is 0. The molecule has 0 atom stereocenters. The molecule has 1 aliphatic carbocycles. The molecule has 1 saturated carbocycles. The van der Waals surface area contributed by atoms with Crippen LogP contribution in [-0.2, 0) is 9.47 Å². The second-order valence-corrected chi connectivity index (χ2v) is 10.2. The molecule has 2 fully saturated rings. The first kappa shape index (κ1) is 25.6. The average molecular weight is 445 g/mol. The van der Waals surface area contributed by atoms with E-state index in [-0.39, 0.29) is 6.29 Å². The summed E-state index contributed by atoms with van der Waals surface area (Å²) in [4.78, 5) is 0. The van der Waals surface area contributed by atoms with Gasteiger partial charge in [-0.1, -0.05) is 65.7 Å². The van der Waals surface area contributed by atoms with Crippen LogP contribution in [0.15, 0.2) is 18.2 Å². The van der Waals surface area contributed by atoms with Gasteiger partial charge in [0.2, 0.25) is 0 Å². The van der Waals surface area contributed by atoms with Crippen molar-refractivity contribution in [2.75, 3.05) is 19.8 Å². The molecule has 0 amide bonds. The highest BCUT2D eigenvalue weighted by Crippen LogP contribution is 2.42. The van der Waals surface area contributed by atoms with Gasteiger partial charge in [-0.05, 0) is 74.1 Å². The maximum Gasteiger partial charge on any atom is 0.184 e. The third-order valence-electron chi connectivity index (χ3n) is 7.47. The minimum Gasteiger partial charge on any atom is -0.494 e. The van der Waals surface area contributed by atoms with E-state index in [1.54, 1.807) is 0 Å². The van der Waals surface area contributed by atoms with Crippen molar-refractivity contribution in [3.63, 3.8) is 0 Å². The van der Waals surface area contributed by atoms with Crippen LogP contribution in [0.3, 0.4) is 0 Å². The summed E-state index contributed by atoms with van der Waals surface area (Å²) in [5.74, 6) is 3.08. The second-order valence-electron chi connectivity index (χ2n) is 10.2. The Morgan fingerprint density at radius 2 is 1.41 bits per heavy atom. The molecule has 1 aromatic rings. The zero-order valence-electron chi connectivity index (χ0n) is 21.1. The van der Waals surface area contributed by atoms with Crippen LogP contribution < -0.4 is 4.74 Å². The Morgan fingerprint density at radius 1 is 0.750 bits per heavy atom. The zero-order valence-corrected chi connectivity index (χ0v) is 21.1. The highest BCUT2D eigenvalue weighted by molar-refractivity contribution is 5.39. The molecule has 0 radical (unpaired) electrons. The van der Waals surface area contributed by atoms with Gasteiger partial charge in [-0.2, -0.15) is 0 Å². The lowest BCUT2D eigenvalue weighted by molar-refractivity contribution is -0.206. The largest absolute Gasteiger partial charge is 0.494 e. The van der Waals surface area contributed by atoms with E-state index in [0.29, 0.717) is 11.8 Å². The van der Waals surface area contributed by atoms with Gasteiger partial charge >= 0.3 is 0 Å². The Morgan fingerprint density at radius 3 is 2.03 bits per heavy atom. The summed E-state index contributed by atoms with van der Waals surface area (Å²) in [5, 5.41) is 0. The van der Waals surface area contributed by atoms with Crippen LogP contribution in [0.2, 0.25) is 0 Å². The summed E-state index contributed by atoms with van der Waals surface area (Å²) in [7, 11) is 0. The SMILES string of the molecule is CCCCCC1CCC(c2cc(OCCC)ccc2C2OCC(CCCCC)CO2)CC1. The van der Waals surface area contributed by atoms with Crippen molar-refractivity contribution in [1.82, 2.24) is 0 Å². The lowest BCUT2D eigenvalue weighted by atomic mass is 9.76. The van der Waals surface area contributed by atoms with Crippen LogP contribution in [-0.4, -0.2) is 19.8 Å². The van der Waals surface area contributed by atoms with Gasteiger partial charge in [0.1, 0.15) is 5.75 Å². The van der Waals surface area contributed by atoms with Gasteiger partial charge in [0, 0.05) is 11.5 Å². The van der Waals surface area contributed by atoms with Gasteiger partial charge in [0.25, 0.3) is 0 Å². The molecule has 0 N–H and O–H groups in total. The molecular weight excluding hydrogens is 396 g/mol. The molecule has 1 aromatic carbocycles. The van der Waals surface area contributed by atoms with E-state index in [0.717, 1.165) is 37.9 Å². The minimum atomic E-state index is -0.213. The predicted molar refractivity (Wildman–Crippen MR) is 133 cm³/mol. The summed E-state index contributed by atoms with van der Waals surface area (Å²) in [5.41, 5.74) is 2.66. The van der Waals surface area contributed by atoms with Gasteiger partial charge in [-0.3, -0.25) is 0 Å². The second kappa shape index (κ2) is 14.3. The average Bonchev–Trinajstić information content (AvgIpc) is 2.84. The van der Waals surface area contributed by atoms with E-state index in [2.05, 4.69) is 39.0 Å². The Labute approximate surface area is 197 Å². The van der Waals surface area contributed by atoms with Crippen molar-refractivity contribution in [1.29, 1.82) is 0 Å². The monoisotopic (exact) mass is 444 g/mol. The third kappa shape index (κ3) is 7.76. The predicted octanol–water partition coefficient (Wildman–Crippen LogP) is 8.57. The van der Waals surface area contributed by atoms with Crippen LogP contribution in [0, 0.1) is 11.8 Å². The molecule has 2 aliphatic rings. The Balaban J connectivity index is 1.63. The van der Waals surface area contributed by atoms with Crippen LogP contribution in [0.1, 0.15) is 128 Å². The smallest absolute Gasteiger partial charge is 0.184 e. The number of benzene rings is 1. The molecule has 1 saturated heterocycles. The van der Waals surface area contributed by atoms with Crippen molar-refractivity contribution in [3.8, 4) is 5.75 Å². The fraction of sp³-hybridized carbons (Fsp3) is 0.793. The molecule has 0 spiro atoms. The lowest BCUT2D eigenvalue weighted by Gasteiger charge is -2.34. The summed E-state index contributed by atoms with van der Waals surface area (Å²) < 4.78 is 18.6. The minimum absolute atomic E-state index is 0.213. The molecule has 0 unspecified atom stereocenters. The van der Waals surface area contributed by atoms with Crippen molar-refractivity contribution in [2.24, 2.45) is 11.8 Å². The van der Waals surface area contributed by atoms with Crippen LogP contribution in [0.25, 0.3) is 0 Å². The van der Waals surface area contributed by atoms with E-state index >= 15 is 0 Å². The Hall–Kier alpha value is -1.06. The van der Waals surface area contributed by atoms with Crippen LogP contribution in [0.5, 0.6) is 5.75 Å². The molecule has 0 bridgehead atoms. The highest BCUT2D eigenvalue weighted by atomic mass is 16.7. The molecule has 1 heterocycles. The molecule has 0 aromatic heterocycles. The molecule has 182 valence electrons. The maximum absolute atomic E-state index is 6.28. The number of hydrogen-bond acceptors (Lipinski definition) is 3. The van der Waals surface area contributed by atoms with E-state index in [1.807, 2.05) is 0 Å². The fourth-order valence-electron chi connectivity index (χ4n) is 5.45. The van der Waals surface area contributed by atoms with Crippen LogP contribution >= 0.6 is 0 Å². The van der Waals surface area contributed by atoms with Gasteiger partial charge in [-0.25, -0.2) is 0 Å².